The SMILES string of the molecule is O=Cc1ccc(C(C2COC2)S(=O)O)o1. The zero-order chi connectivity index (χ0) is 10.8. The van der Waals surface area contributed by atoms with Crippen LogP contribution in [-0.2, 0) is 15.8 Å². The summed E-state index contributed by atoms with van der Waals surface area (Å²) in [7, 11) is 0. The van der Waals surface area contributed by atoms with Gasteiger partial charge in [-0.25, -0.2) is 4.21 Å². The maximum absolute atomic E-state index is 11.1. The molecule has 0 radical (unpaired) electrons. The Hall–Kier alpha value is -0.980. The van der Waals surface area contributed by atoms with Gasteiger partial charge in [0.2, 0.25) is 0 Å². The molecule has 0 bridgehead atoms. The van der Waals surface area contributed by atoms with E-state index >= 15 is 0 Å². The summed E-state index contributed by atoms with van der Waals surface area (Å²) in [6, 6.07) is 3.04. The lowest BCUT2D eigenvalue weighted by Crippen LogP contribution is -2.34. The van der Waals surface area contributed by atoms with Crippen LogP contribution >= 0.6 is 0 Å². The number of carbonyl (C=O) groups is 1. The van der Waals surface area contributed by atoms with E-state index in [1.165, 1.54) is 6.07 Å². The van der Waals surface area contributed by atoms with E-state index in [0.717, 1.165) is 0 Å². The largest absolute Gasteiger partial charge is 0.457 e. The van der Waals surface area contributed by atoms with Crippen molar-refractivity contribution in [2.24, 2.45) is 5.92 Å². The molecule has 0 spiro atoms. The Morgan fingerprint density at radius 2 is 2.27 bits per heavy atom. The maximum atomic E-state index is 11.1. The van der Waals surface area contributed by atoms with Gasteiger partial charge in [-0.05, 0) is 12.1 Å². The fraction of sp³-hybridized carbons (Fsp3) is 0.444. The number of hydrogen-bond acceptors (Lipinski definition) is 4. The van der Waals surface area contributed by atoms with Gasteiger partial charge >= 0.3 is 0 Å². The van der Waals surface area contributed by atoms with Crippen LogP contribution in [0, 0.1) is 5.92 Å². The normalized spacial score (nSPS) is 20.6. The number of hydrogen-bond donors (Lipinski definition) is 1. The first-order valence-electron chi connectivity index (χ1n) is 4.44. The van der Waals surface area contributed by atoms with Crippen molar-refractivity contribution < 1.29 is 22.7 Å². The third-order valence-electron chi connectivity index (χ3n) is 2.35. The molecule has 1 fully saturated rings. The van der Waals surface area contributed by atoms with Gasteiger partial charge in [-0.2, -0.15) is 0 Å². The van der Waals surface area contributed by atoms with E-state index in [1.54, 1.807) is 6.07 Å². The summed E-state index contributed by atoms with van der Waals surface area (Å²) in [6.45, 7) is 0.905. The number of carbonyl (C=O) groups excluding carboxylic acids is 1. The van der Waals surface area contributed by atoms with Gasteiger partial charge in [0, 0.05) is 5.92 Å². The highest BCUT2D eigenvalue weighted by atomic mass is 32.2. The molecule has 2 atom stereocenters. The van der Waals surface area contributed by atoms with Crippen LogP contribution in [-0.4, -0.2) is 28.3 Å². The summed E-state index contributed by atoms with van der Waals surface area (Å²) in [5, 5.41) is -0.604. The van der Waals surface area contributed by atoms with Crippen molar-refractivity contribution in [3.63, 3.8) is 0 Å². The molecule has 15 heavy (non-hydrogen) atoms. The number of ether oxygens (including phenoxy) is 1. The number of rotatable bonds is 4. The summed E-state index contributed by atoms with van der Waals surface area (Å²) >= 11 is -2.01. The van der Waals surface area contributed by atoms with Crippen LogP contribution < -0.4 is 0 Å². The minimum absolute atomic E-state index is 0.0125. The smallest absolute Gasteiger partial charge is 0.185 e. The zero-order valence-corrected chi connectivity index (χ0v) is 8.61. The van der Waals surface area contributed by atoms with Gasteiger partial charge in [0.1, 0.15) is 11.0 Å². The monoisotopic (exact) mass is 230 g/mol. The van der Waals surface area contributed by atoms with Gasteiger partial charge in [-0.3, -0.25) is 4.79 Å². The summed E-state index contributed by atoms with van der Waals surface area (Å²) in [5.74, 6) is 0.522. The van der Waals surface area contributed by atoms with Crippen molar-refractivity contribution in [1.29, 1.82) is 0 Å². The van der Waals surface area contributed by atoms with E-state index in [0.29, 0.717) is 25.3 Å². The lowest BCUT2D eigenvalue weighted by Gasteiger charge is -2.30. The Labute approximate surface area is 88.7 Å². The second-order valence-electron chi connectivity index (χ2n) is 3.35. The van der Waals surface area contributed by atoms with Gasteiger partial charge in [-0.15, -0.1) is 0 Å². The van der Waals surface area contributed by atoms with E-state index in [-0.39, 0.29) is 11.7 Å². The third-order valence-corrected chi connectivity index (χ3v) is 3.41. The summed E-state index contributed by atoms with van der Waals surface area (Å²) in [5.41, 5.74) is 0. The van der Waals surface area contributed by atoms with Crippen LogP contribution in [0.15, 0.2) is 16.5 Å². The van der Waals surface area contributed by atoms with Crippen LogP contribution in [0.5, 0.6) is 0 Å². The molecule has 1 N–H and O–H groups in total. The van der Waals surface area contributed by atoms with Crippen molar-refractivity contribution in [1.82, 2.24) is 0 Å². The van der Waals surface area contributed by atoms with E-state index in [2.05, 4.69) is 0 Å². The molecule has 1 aromatic rings. The van der Waals surface area contributed by atoms with E-state index in [4.69, 9.17) is 13.7 Å². The first-order valence-corrected chi connectivity index (χ1v) is 5.61. The Bertz CT molecular complexity index is 382. The van der Waals surface area contributed by atoms with Crippen molar-refractivity contribution in [3.05, 3.63) is 23.7 Å². The fourth-order valence-corrected chi connectivity index (χ4v) is 2.32. The van der Waals surface area contributed by atoms with E-state index in [9.17, 15) is 9.00 Å². The van der Waals surface area contributed by atoms with Crippen molar-refractivity contribution in [2.45, 2.75) is 5.25 Å². The lowest BCUT2D eigenvalue weighted by atomic mass is 10.0. The molecule has 2 heterocycles. The molecule has 1 aliphatic heterocycles. The molecular formula is C9H10O5S. The summed E-state index contributed by atoms with van der Waals surface area (Å²) < 4.78 is 30.4. The predicted molar refractivity (Wildman–Crippen MR) is 51.9 cm³/mol. The highest BCUT2D eigenvalue weighted by molar-refractivity contribution is 7.79. The molecule has 2 unspecified atom stereocenters. The molecule has 1 saturated heterocycles. The van der Waals surface area contributed by atoms with E-state index < -0.39 is 16.3 Å². The van der Waals surface area contributed by atoms with Gasteiger partial charge in [-0.1, -0.05) is 0 Å². The Morgan fingerprint density at radius 1 is 1.53 bits per heavy atom. The fourth-order valence-electron chi connectivity index (χ4n) is 1.51. The minimum atomic E-state index is -2.01. The molecule has 0 aromatic carbocycles. The first-order chi connectivity index (χ1) is 7.22. The second kappa shape index (κ2) is 4.26. The minimum Gasteiger partial charge on any atom is -0.457 e. The van der Waals surface area contributed by atoms with Crippen LogP contribution in [0.4, 0.5) is 0 Å². The Balaban J connectivity index is 2.23. The van der Waals surface area contributed by atoms with Gasteiger partial charge in [0.15, 0.2) is 23.1 Å². The maximum Gasteiger partial charge on any atom is 0.185 e. The molecule has 6 heteroatoms. The van der Waals surface area contributed by atoms with Crippen LogP contribution in [0.25, 0.3) is 0 Å². The number of aldehydes is 1. The Kier molecular flexibility index (Phi) is 2.99. The summed E-state index contributed by atoms with van der Waals surface area (Å²) in [6.07, 6.45) is 0.568. The Morgan fingerprint density at radius 3 is 2.67 bits per heavy atom. The molecule has 0 saturated carbocycles. The van der Waals surface area contributed by atoms with Gasteiger partial charge in [0.25, 0.3) is 0 Å². The molecule has 1 aromatic heterocycles. The average molecular weight is 230 g/mol. The van der Waals surface area contributed by atoms with Crippen LogP contribution in [0.3, 0.4) is 0 Å². The molecular weight excluding hydrogens is 220 g/mol. The quantitative estimate of drug-likeness (QED) is 0.616. The van der Waals surface area contributed by atoms with E-state index in [1.807, 2.05) is 0 Å². The van der Waals surface area contributed by atoms with Crippen molar-refractivity contribution in [3.8, 4) is 0 Å². The molecule has 0 amide bonds. The van der Waals surface area contributed by atoms with Crippen LogP contribution in [0.1, 0.15) is 21.6 Å². The van der Waals surface area contributed by atoms with Gasteiger partial charge in [0.05, 0.1) is 13.2 Å². The zero-order valence-electron chi connectivity index (χ0n) is 7.79. The molecule has 1 aliphatic rings. The van der Waals surface area contributed by atoms with Crippen LogP contribution in [0.2, 0.25) is 0 Å². The highest BCUT2D eigenvalue weighted by Gasteiger charge is 2.36. The predicted octanol–water partition coefficient (Wildman–Crippen LogP) is 1.00. The van der Waals surface area contributed by atoms with Crippen molar-refractivity contribution >= 4 is 17.4 Å². The second-order valence-corrected chi connectivity index (χ2v) is 4.41. The average Bonchev–Trinajstić information content (AvgIpc) is 2.58. The topological polar surface area (TPSA) is 76.7 Å². The molecule has 5 nitrogen and oxygen atoms in total. The summed E-state index contributed by atoms with van der Waals surface area (Å²) in [4.78, 5) is 10.4. The van der Waals surface area contributed by atoms with Gasteiger partial charge < -0.3 is 13.7 Å². The standard InChI is InChI=1S/C9H10O5S/c10-3-7-1-2-8(14-7)9(15(11)12)6-4-13-5-6/h1-3,6,9H,4-5H2,(H,11,12). The molecule has 82 valence electrons. The first kappa shape index (κ1) is 10.5. The number of furan rings is 1. The third kappa shape index (κ3) is 2.01. The highest BCUT2D eigenvalue weighted by Crippen LogP contribution is 2.33. The lowest BCUT2D eigenvalue weighted by molar-refractivity contribution is -0.0362. The molecule has 0 aliphatic carbocycles. The van der Waals surface area contributed by atoms with Crippen molar-refractivity contribution in [2.75, 3.05) is 13.2 Å². The molecule has 2 rings (SSSR count).